The highest BCUT2D eigenvalue weighted by atomic mass is 16.3. The summed E-state index contributed by atoms with van der Waals surface area (Å²) in [7, 11) is 0. The molecule has 0 radical (unpaired) electrons. The normalized spacial score (nSPS) is 16.7. The van der Waals surface area contributed by atoms with Gasteiger partial charge in [0, 0.05) is 13.1 Å². The Morgan fingerprint density at radius 3 is 2.53 bits per heavy atom. The van der Waals surface area contributed by atoms with Gasteiger partial charge in [0.2, 0.25) is 5.88 Å². The highest BCUT2D eigenvalue weighted by Crippen LogP contribution is 2.13. The lowest BCUT2D eigenvalue weighted by molar-refractivity contribution is 0.239. The van der Waals surface area contributed by atoms with E-state index in [1.165, 1.54) is 6.42 Å². The minimum absolute atomic E-state index is 0.0488. The average molecular weight is 266 g/mol. The Bertz CT molecular complexity index is 581. The summed E-state index contributed by atoms with van der Waals surface area (Å²) >= 11 is 0. The fraction of sp³-hybridized carbons (Fsp3) is 0.583. The average Bonchev–Trinajstić information content (AvgIpc) is 2.37. The Labute approximate surface area is 110 Å². The third-order valence-corrected chi connectivity index (χ3v) is 3.14. The van der Waals surface area contributed by atoms with Crippen molar-refractivity contribution in [2.24, 2.45) is 5.10 Å². The molecule has 1 aliphatic heterocycles. The van der Waals surface area contributed by atoms with Crippen LogP contribution in [0.2, 0.25) is 0 Å². The maximum Gasteiger partial charge on any atom is 0.328 e. The van der Waals surface area contributed by atoms with Crippen molar-refractivity contribution >= 4 is 5.71 Å². The number of hydrogen-bond donors (Lipinski definition) is 3. The van der Waals surface area contributed by atoms with E-state index in [0.717, 1.165) is 25.9 Å². The van der Waals surface area contributed by atoms with Gasteiger partial charge < -0.3 is 5.11 Å². The van der Waals surface area contributed by atoms with Crippen LogP contribution in [0.4, 0.5) is 0 Å². The number of nitrogens with one attached hydrogen (secondary N) is 2. The number of nitrogens with zero attached hydrogens (tertiary/aromatic N) is 2. The number of H-pyrrole nitrogens is 2. The van der Waals surface area contributed by atoms with Crippen molar-refractivity contribution in [3.63, 3.8) is 0 Å². The van der Waals surface area contributed by atoms with Crippen molar-refractivity contribution in [3.8, 4) is 5.88 Å². The molecular weight excluding hydrogens is 248 g/mol. The number of aromatic nitrogens is 2. The molecule has 0 unspecified atom stereocenters. The van der Waals surface area contributed by atoms with Crippen molar-refractivity contribution < 1.29 is 5.11 Å². The molecule has 1 fully saturated rings. The quantitative estimate of drug-likeness (QED) is 0.688. The highest BCUT2D eigenvalue weighted by molar-refractivity contribution is 6.01. The zero-order chi connectivity index (χ0) is 13.8. The summed E-state index contributed by atoms with van der Waals surface area (Å²) in [5.41, 5.74) is -0.803. The summed E-state index contributed by atoms with van der Waals surface area (Å²) in [6, 6.07) is 0. The summed E-state index contributed by atoms with van der Waals surface area (Å²) in [5, 5.41) is 16.1. The van der Waals surface area contributed by atoms with Gasteiger partial charge in [-0.15, -0.1) is 0 Å². The molecule has 1 saturated heterocycles. The second kappa shape index (κ2) is 5.73. The first-order valence-electron chi connectivity index (χ1n) is 6.50. The van der Waals surface area contributed by atoms with Crippen LogP contribution in [0.3, 0.4) is 0 Å². The van der Waals surface area contributed by atoms with Crippen LogP contribution in [0.5, 0.6) is 5.88 Å². The van der Waals surface area contributed by atoms with E-state index in [2.05, 4.69) is 15.1 Å². The zero-order valence-electron chi connectivity index (χ0n) is 10.9. The van der Waals surface area contributed by atoms with Gasteiger partial charge in [0.15, 0.2) is 0 Å². The molecular formula is C12H18N4O3. The molecule has 7 nitrogen and oxygen atoms in total. The molecule has 7 heteroatoms. The molecule has 0 amide bonds. The van der Waals surface area contributed by atoms with Crippen molar-refractivity contribution in [2.45, 2.75) is 32.6 Å². The van der Waals surface area contributed by atoms with E-state index in [1.807, 2.05) is 11.9 Å². The van der Waals surface area contributed by atoms with Gasteiger partial charge in [-0.25, -0.2) is 4.79 Å². The lowest BCUT2D eigenvalue weighted by Crippen LogP contribution is -2.30. The second-order valence-corrected chi connectivity index (χ2v) is 4.55. The number of aromatic hydroxyl groups is 1. The van der Waals surface area contributed by atoms with E-state index in [1.54, 1.807) is 0 Å². The summed E-state index contributed by atoms with van der Waals surface area (Å²) in [6.45, 7) is 3.56. The molecule has 0 bridgehead atoms. The lowest BCUT2D eigenvalue weighted by Gasteiger charge is -2.24. The minimum atomic E-state index is -0.723. The molecule has 0 aromatic carbocycles. The van der Waals surface area contributed by atoms with Crippen LogP contribution < -0.4 is 11.2 Å². The third kappa shape index (κ3) is 3.04. The van der Waals surface area contributed by atoms with E-state index in [-0.39, 0.29) is 5.56 Å². The summed E-state index contributed by atoms with van der Waals surface area (Å²) in [5.74, 6) is -0.425. The Morgan fingerprint density at radius 1 is 1.26 bits per heavy atom. The Kier molecular flexibility index (Phi) is 4.03. The van der Waals surface area contributed by atoms with Crippen LogP contribution in [-0.4, -0.2) is 38.9 Å². The SMILES string of the molecule is CCC(=NN1CCCCC1)c1c(O)[nH]c(=O)[nH]c1=O. The zero-order valence-corrected chi connectivity index (χ0v) is 10.9. The Morgan fingerprint density at radius 2 is 1.95 bits per heavy atom. The molecule has 1 aromatic heterocycles. The standard InChI is InChI=1S/C12H18N4O3/c1-2-8(15-16-6-4-3-5-7-16)9-10(17)13-12(19)14-11(9)18/h2-7H2,1H3,(H3,13,14,17,18,19). The van der Waals surface area contributed by atoms with Gasteiger partial charge in [-0.05, 0) is 25.7 Å². The predicted molar refractivity (Wildman–Crippen MR) is 71.6 cm³/mol. The van der Waals surface area contributed by atoms with Crippen LogP contribution in [0.25, 0.3) is 0 Å². The van der Waals surface area contributed by atoms with Gasteiger partial charge in [-0.2, -0.15) is 5.10 Å². The molecule has 104 valence electrons. The largest absolute Gasteiger partial charge is 0.494 e. The van der Waals surface area contributed by atoms with E-state index < -0.39 is 17.1 Å². The van der Waals surface area contributed by atoms with Crippen molar-refractivity contribution in [2.75, 3.05) is 13.1 Å². The topological polar surface area (TPSA) is 102 Å². The predicted octanol–water partition coefficient (Wildman–Crippen LogP) is 0.369. The first-order valence-corrected chi connectivity index (χ1v) is 6.50. The van der Waals surface area contributed by atoms with Gasteiger partial charge >= 0.3 is 5.69 Å². The maximum absolute atomic E-state index is 11.8. The van der Waals surface area contributed by atoms with Crippen LogP contribution in [-0.2, 0) is 0 Å². The van der Waals surface area contributed by atoms with E-state index in [0.29, 0.717) is 12.1 Å². The van der Waals surface area contributed by atoms with Gasteiger partial charge in [-0.3, -0.25) is 19.8 Å². The fourth-order valence-corrected chi connectivity index (χ4v) is 2.19. The van der Waals surface area contributed by atoms with Crippen molar-refractivity contribution in [1.82, 2.24) is 15.0 Å². The number of piperidine rings is 1. The molecule has 0 aliphatic carbocycles. The number of aromatic amines is 2. The minimum Gasteiger partial charge on any atom is -0.494 e. The van der Waals surface area contributed by atoms with E-state index in [4.69, 9.17) is 0 Å². The van der Waals surface area contributed by atoms with Gasteiger partial charge in [0.05, 0.1) is 5.71 Å². The summed E-state index contributed by atoms with van der Waals surface area (Å²) in [6.07, 6.45) is 3.85. The molecule has 2 heterocycles. The molecule has 0 saturated carbocycles. The second-order valence-electron chi connectivity index (χ2n) is 4.55. The molecule has 1 aliphatic rings. The number of hydrazone groups is 1. The fourth-order valence-electron chi connectivity index (χ4n) is 2.19. The van der Waals surface area contributed by atoms with Crippen molar-refractivity contribution in [3.05, 3.63) is 26.4 Å². The molecule has 1 aromatic rings. The molecule has 0 spiro atoms. The summed E-state index contributed by atoms with van der Waals surface area (Å²) in [4.78, 5) is 27.1. The van der Waals surface area contributed by atoms with Gasteiger partial charge in [-0.1, -0.05) is 6.92 Å². The molecule has 2 rings (SSSR count). The van der Waals surface area contributed by atoms with Gasteiger partial charge in [0.25, 0.3) is 5.56 Å². The first kappa shape index (κ1) is 13.4. The smallest absolute Gasteiger partial charge is 0.328 e. The van der Waals surface area contributed by atoms with Crippen LogP contribution in [0.15, 0.2) is 14.7 Å². The monoisotopic (exact) mass is 266 g/mol. The first-order chi connectivity index (χ1) is 9.11. The lowest BCUT2D eigenvalue weighted by atomic mass is 10.1. The number of hydrogen-bond acceptors (Lipinski definition) is 5. The third-order valence-electron chi connectivity index (χ3n) is 3.14. The molecule has 19 heavy (non-hydrogen) atoms. The van der Waals surface area contributed by atoms with E-state index >= 15 is 0 Å². The molecule has 3 N–H and O–H groups in total. The number of rotatable bonds is 3. The van der Waals surface area contributed by atoms with Crippen molar-refractivity contribution in [1.29, 1.82) is 0 Å². The van der Waals surface area contributed by atoms with Crippen LogP contribution >= 0.6 is 0 Å². The Hall–Kier alpha value is -2.05. The highest BCUT2D eigenvalue weighted by Gasteiger charge is 2.16. The van der Waals surface area contributed by atoms with Crippen LogP contribution in [0.1, 0.15) is 38.2 Å². The van der Waals surface area contributed by atoms with Crippen LogP contribution in [0, 0.1) is 0 Å². The van der Waals surface area contributed by atoms with Gasteiger partial charge in [0.1, 0.15) is 5.56 Å². The van der Waals surface area contributed by atoms with E-state index in [9.17, 15) is 14.7 Å². The summed E-state index contributed by atoms with van der Waals surface area (Å²) < 4.78 is 0. The molecule has 0 atom stereocenters. The Balaban J connectivity index is 2.39. The maximum atomic E-state index is 11.8.